The average molecular weight is 268 g/mol. The summed E-state index contributed by atoms with van der Waals surface area (Å²) in [7, 11) is 0. The first-order valence-corrected chi connectivity index (χ1v) is 7.70. The Labute approximate surface area is 116 Å². The minimum absolute atomic E-state index is 0.0733. The number of carbonyl (C=O) groups excluding carboxylic acids is 1. The molecule has 4 nitrogen and oxygen atoms in total. The van der Waals surface area contributed by atoms with E-state index in [9.17, 15) is 4.79 Å². The summed E-state index contributed by atoms with van der Waals surface area (Å²) in [6.45, 7) is 9.45. The van der Waals surface area contributed by atoms with Crippen LogP contribution in [-0.4, -0.2) is 49.2 Å². The van der Waals surface area contributed by atoms with Crippen LogP contribution in [0.3, 0.4) is 0 Å². The molecule has 1 aliphatic carbocycles. The van der Waals surface area contributed by atoms with E-state index in [0.29, 0.717) is 25.2 Å². The highest BCUT2D eigenvalue weighted by Gasteiger charge is 2.29. The molecule has 19 heavy (non-hydrogen) atoms. The molecule has 0 bridgehead atoms. The Hall–Kier alpha value is -0.610. The van der Waals surface area contributed by atoms with Crippen LogP contribution in [0, 0.1) is 11.8 Å². The van der Waals surface area contributed by atoms with Gasteiger partial charge in [-0.25, -0.2) is 0 Å². The van der Waals surface area contributed by atoms with E-state index in [1.165, 1.54) is 19.3 Å². The van der Waals surface area contributed by atoms with Gasteiger partial charge in [-0.15, -0.1) is 0 Å². The number of amides is 1. The van der Waals surface area contributed by atoms with Gasteiger partial charge in [0.25, 0.3) is 0 Å². The van der Waals surface area contributed by atoms with Crippen molar-refractivity contribution in [3.63, 3.8) is 0 Å². The van der Waals surface area contributed by atoms with E-state index >= 15 is 0 Å². The molecular formula is C15H28N2O2. The van der Waals surface area contributed by atoms with Crippen LogP contribution >= 0.6 is 0 Å². The van der Waals surface area contributed by atoms with Crippen LogP contribution < -0.4 is 5.32 Å². The van der Waals surface area contributed by atoms with Crippen LogP contribution in [0.15, 0.2) is 0 Å². The van der Waals surface area contributed by atoms with E-state index in [1.807, 2.05) is 11.8 Å². The summed E-state index contributed by atoms with van der Waals surface area (Å²) < 4.78 is 5.30. The smallest absolute Gasteiger partial charge is 0.239 e. The first-order chi connectivity index (χ1) is 9.08. The lowest BCUT2D eigenvalue weighted by molar-refractivity contribution is -0.137. The molecule has 0 aromatic carbocycles. The highest BCUT2D eigenvalue weighted by atomic mass is 16.5. The van der Waals surface area contributed by atoms with Crippen LogP contribution in [-0.2, 0) is 9.53 Å². The van der Waals surface area contributed by atoms with E-state index in [-0.39, 0.29) is 11.9 Å². The summed E-state index contributed by atoms with van der Waals surface area (Å²) in [6.07, 6.45) is 3.80. The third kappa shape index (κ3) is 3.93. The number of ether oxygens (including phenoxy) is 1. The second-order valence-electron chi connectivity index (χ2n) is 6.33. The molecule has 1 saturated heterocycles. The lowest BCUT2D eigenvalue weighted by atomic mass is 9.80. The van der Waals surface area contributed by atoms with Crippen LogP contribution in [0.5, 0.6) is 0 Å². The fourth-order valence-electron chi connectivity index (χ4n) is 3.21. The van der Waals surface area contributed by atoms with E-state index in [4.69, 9.17) is 4.74 Å². The number of morpholine rings is 1. The minimum atomic E-state index is -0.0733. The number of hydrogen-bond donors (Lipinski definition) is 1. The predicted octanol–water partition coefficient (Wildman–Crippen LogP) is 1.65. The van der Waals surface area contributed by atoms with Gasteiger partial charge in [-0.1, -0.05) is 20.3 Å². The number of hydrogen-bond acceptors (Lipinski definition) is 3. The van der Waals surface area contributed by atoms with Gasteiger partial charge in [0.2, 0.25) is 5.91 Å². The standard InChI is InChI=1S/C15H28N2O2/c1-11-4-5-12(2)14(10-11)16-13(3)15(18)17-6-8-19-9-7-17/h11-14,16H,4-10H2,1-3H3. The summed E-state index contributed by atoms with van der Waals surface area (Å²) in [5.74, 6) is 1.68. The molecule has 1 N–H and O–H groups in total. The van der Waals surface area contributed by atoms with Gasteiger partial charge in [0.05, 0.1) is 19.3 Å². The molecule has 0 radical (unpaired) electrons. The number of carbonyl (C=O) groups is 1. The normalized spacial score (nSPS) is 34.1. The van der Waals surface area contributed by atoms with Crippen molar-refractivity contribution >= 4 is 5.91 Å². The van der Waals surface area contributed by atoms with E-state index in [1.54, 1.807) is 0 Å². The zero-order valence-corrected chi connectivity index (χ0v) is 12.5. The van der Waals surface area contributed by atoms with E-state index in [0.717, 1.165) is 19.0 Å². The van der Waals surface area contributed by atoms with Crippen LogP contribution in [0.2, 0.25) is 0 Å². The molecule has 4 unspecified atom stereocenters. The molecule has 1 saturated carbocycles. The SMILES string of the molecule is CC1CCC(C)C(NC(C)C(=O)N2CCOCC2)C1. The zero-order valence-electron chi connectivity index (χ0n) is 12.5. The number of nitrogens with zero attached hydrogens (tertiary/aromatic N) is 1. The van der Waals surface area contributed by atoms with Crippen LogP contribution in [0.25, 0.3) is 0 Å². The van der Waals surface area contributed by atoms with Crippen LogP contribution in [0.4, 0.5) is 0 Å². The summed E-state index contributed by atoms with van der Waals surface area (Å²) in [4.78, 5) is 14.3. The second-order valence-corrected chi connectivity index (χ2v) is 6.33. The summed E-state index contributed by atoms with van der Waals surface area (Å²) >= 11 is 0. The molecule has 1 aliphatic heterocycles. The lowest BCUT2D eigenvalue weighted by Crippen LogP contribution is -2.53. The number of rotatable bonds is 3. The van der Waals surface area contributed by atoms with Crippen molar-refractivity contribution < 1.29 is 9.53 Å². The van der Waals surface area contributed by atoms with Gasteiger partial charge >= 0.3 is 0 Å². The molecule has 2 rings (SSSR count). The Morgan fingerprint density at radius 2 is 1.95 bits per heavy atom. The van der Waals surface area contributed by atoms with Crippen molar-refractivity contribution in [3.8, 4) is 0 Å². The fraction of sp³-hybridized carbons (Fsp3) is 0.933. The van der Waals surface area contributed by atoms with Crippen molar-refractivity contribution in [2.24, 2.45) is 11.8 Å². The van der Waals surface area contributed by atoms with Crippen molar-refractivity contribution in [1.82, 2.24) is 10.2 Å². The number of nitrogens with one attached hydrogen (secondary N) is 1. The maximum Gasteiger partial charge on any atom is 0.239 e. The molecule has 4 atom stereocenters. The monoisotopic (exact) mass is 268 g/mol. The summed E-state index contributed by atoms with van der Waals surface area (Å²) in [6, 6.07) is 0.416. The quantitative estimate of drug-likeness (QED) is 0.846. The largest absolute Gasteiger partial charge is 0.378 e. The highest BCUT2D eigenvalue weighted by Crippen LogP contribution is 2.28. The van der Waals surface area contributed by atoms with E-state index in [2.05, 4.69) is 19.2 Å². The van der Waals surface area contributed by atoms with Crippen LogP contribution in [0.1, 0.15) is 40.0 Å². The molecule has 1 amide bonds. The molecule has 2 fully saturated rings. The van der Waals surface area contributed by atoms with Gasteiger partial charge in [0.1, 0.15) is 0 Å². The second kappa shape index (κ2) is 6.71. The van der Waals surface area contributed by atoms with Gasteiger partial charge in [0, 0.05) is 19.1 Å². The third-order valence-electron chi connectivity index (χ3n) is 4.62. The molecule has 2 aliphatic rings. The topological polar surface area (TPSA) is 41.6 Å². The summed E-state index contributed by atoms with van der Waals surface area (Å²) in [5, 5.41) is 3.56. The zero-order chi connectivity index (χ0) is 13.8. The molecule has 1 heterocycles. The Morgan fingerprint density at radius 1 is 1.26 bits per heavy atom. The van der Waals surface area contributed by atoms with Gasteiger partial charge in [-0.2, -0.15) is 0 Å². The maximum atomic E-state index is 12.4. The fourth-order valence-corrected chi connectivity index (χ4v) is 3.21. The van der Waals surface area contributed by atoms with Gasteiger partial charge < -0.3 is 15.0 Å². The van der Waals surface area contributed by atoms with Crippen molar-refractivity contribution in [2.45, 2.75) is 52.1 Å². The van der Waals surface area contributed by atoms with Gasteiger partial charge in [-0.3, -0.25) is 4.79 Å². The minimum Gasteiger partial charge on any atom is -0.378 e. The highest BCUT2D eigenvalue weighted by molar-refractivity contribution is 5.81. The molecule has 0 aromatic rings. The third-order valence-corrected chi connectivity index (χ3v) is 4.62. The molecule has 110 valence electrons. The predicted molar refractivity (Wildman–Crippen MR) is 76.0 cm³/mol. The van der Waals surface area contributed by atoms with Crippen molar-refractivity contribution in [1.29, 1.82) is 0 Å². The Morgan fingerprint density at radius 3 is 2.63 bits per heavy atom. The lowest BCUT2D eigenvalue weighted by Gasteiger charge is -2.36. The summed E-state index contributed by atoms with van der Waals surface area (Å²) in [5.41, 5.74) is 0. The molecule has 0 spiro atoms. The first-order valence-electron chi connectivity index (χ1n) is 7.70. The molecule has 0 aromatic heterocycles. The van der Waals surface area contributed by atoms with Gasteiger partial charge in [0.15, 0.2) is 0 Å². The van der Waals surface area contributed by atoms with E-state index < -0.39 is 0 Å². The Kier molecular flexibility index (Phi) is 5.22. The molecular weight excluding hydrogens is 240 g/mol. The van der Waals surface area contributed by atoms with Crippen molar-refractivity contribution in [2.75, 3.05) is 26.3 Å². The average Bonchev–Trinajstić information content (AvgIpc) is 2.43. The Bertz CT molecular complexity index is 303. The van der Waals surface area contributed by atoms with Gasteiger partial charge in [-0.05, 0) is 31.6 Å². The first kappa shape index (κ1) is 14.8. The van der Waals surface area contributed by atoms with Crippen molar-refractivity contribution in [3.05, 3.63) is 0 Å². The maximum absolute atomic E-state index is 12.4. The Balaban J connectivity index is 1.84. The molecule has 4 heteroatoms.